The minimum atomic E-state index is 0.0502. The maximum atomic E-state index is 13.1. The number of carbonyl (C=O) groups is 1. The SMILES string of the molecule is O=C(CCCOc1ccc(Cl)cc1Cl)N1CC(c2ccccc2)Nc2ccccc21. The second kappa shape index (κ2) is 9.41. The Hall–Kier alpha value is -2.69. The minimum absolute atomic E-state index is 0.0502. The molecule has 0 bridgehead atoms. The van der Waals surface area contributed by atoms with Gasteiger partial charge >= 0.3 is 0 Å². The zero-order chi connectivity index (χ0) is 20.9. The van der Waals surface area contributed by atoms with Crippen molar-refractivity contribution in [2.24, 2.45) is 0 Å². The maximum Gasteiger partial charge on any atom is 0.227 e. The predicted molar refractivity (Wildman–Crippen MR) is 123 cm³/mol. The Bertz CT molecular complexity index is 1030. The fraction of sp³-hybridized carbons (Fsp3) is 0.208. The molecule has 4 nitrogen and oxygen atoms in total. The Morgan fingerprint density at radius 1 is 1.03 bits per heavy atom. The van der Waals surface area contributed by atoms with Gasteiger partial charge in [-0.1, -0.05) is 65.7 Å². The molecule has 0 aliphatic carbocycles. The van der Waals surface area contributed by atoms with Crippen LogP contribution in [0.2, 0.25) is 10.0 Å². The van der Waals surface area contributed by atoms with Gasteiger partial charge in [0.1, 0.15) is 5.75 Å². The van der Waals surface area contributed by atoms with Crippen molar-refractivity contribution >= 4 is 40.5 Å². The number of para-hydroxylation sites is 2. The summed E-state index contributed by atoms with van der Waals surface area (Å²) in [5.41, 5.74) is 3.04. The number of halogens is 2. The molecule has 1 unspecified atom stereocenters. The highest BCUT2D eigenvalue weighted by Crippen LogP contribution is 2.36. The molecule has 30 heavy (non-hydrogen) atoms. The van der Waals surface area contributed by atoms with Crippen molar-refractivity contribution < 1.29 is 9.53 Å². The largest absolute Gasteiger partial charge is 0.492 e. The summed E-state index contributed by atoms with van der Waals surface area (Å²) in [6.45, 7) is 0.993. The lowest BCUT2D eigenvalue weighted by Crippen LogP contribution is -2.40. The summed E-state index contributed by atoms with van der Waals surface area (Å²) < 4.78 is 5.72. The lowest BCUT2D eigenvalue weighted by atomic mass is 10.0. The van der Waals surface area contributed by atoms with Crippen molar-refractivity contribution in [1.82, 2.24) is 0 Å². The summed E-state index contributed by atoms with van der Waals surface area (Å²) in [6.07, 6.45) is 0.987. The van der Waals surface area contributed by atoms with Gasteiger partial charge in [0, 0.05) is 11.4 Å². The van der Waals surface area contributed by atoms with E-state index in [1.54, 1.807) is 18.2 Å². The van der Waals surface area contributed by atoms with E-state index >= 15 is 0 Å². The summed E-state index contributed by atoms with van der Waals surface area (Å²) in [5.74, 6) is 0.654. The van der Waals surface area contributed by atoms with Gasteiger partial charge in [0.15, 0.2) is 0 Å². The Morgan fingerprint density at radius 3 is 2.60 bits per heavy atom. The first-order valence-electron chi connectivity index (χ1n) is 9.90. The number of fused-ring (bicyclic) bond motifs is 1. The molecule has 154 valence electrons. The van der Waals surface area contributed by atoms with E-state index in [0.29, 0.717) is 41.8 Å². The second-order valence-electron chi connectivity index (χ2n) is 7.16. The molecule has 1 atom stereocenters. The molecule has 1 heterocycles. The fourth-order valence-electron chi connectivity index (χ4n) is 3.59. The van der Waals surface area contributed by atoms with Gasteiger partial charge in [0.05, 0.1) is 35.6 Å². The lowest BCUT2D eigenvalue weighted by molar-refractivity contribution is -0.118. The third kappa shape index (κ3) is 4.72. The van der Waals surface area contributed by atoms with Crippen LogP contribution < -0.4 is 15.0 Å². The average molecular weight is 441 g/mol. The van der Waals surface area contributed by atoms with Crippen LogP contribution in [0.5, 0.6) is 5.75 Å². The van der Waals surface area contributed by atoms with Crippen LogP contribution in [-0.2, 0) is 4.79 Å². The number of ether oxygens (including phenoxy) is 1. The van der Waals surface area contributed by atoms with Gasteiger partial charge in [0.2, 0.25) is 5.91 Å². The van der Waals surface area contributed by atoms with Gasteiger partial charge in [-0.2, -0.15) is 0 Å². The number of anilines is 2. The topological polar surface area (TPSA) is 41.6 Å². The van der Waals surface area contributed by atoms with Crippen molar-refractivity contribution in [2.45, 2.75) is 18.9 Å². The molecule has 0 fully saturated rings. The molecule has 0 spiro atoms. The molecule has 3 aromatic carbocycles. The highest BCUT2D eigenvalue weighted by atomic mass is 35.5. The lowest BCUT2D eigenvalue weighted by Gasteiger charge is -2.36. The zero-order valence-electron chi connectivity index (χ0n) is 16.4. The molecule has 1 aliphatic rings. The molecule has 0 saturated carbocycles. The van der Waals surface area contributed by atoms with E-state index in [4.69, 9.17) is 27.9 Å². The van der Waals surface area contributed by atoms with Gasteiger partial charge in [0.25, 0.3) is 0 Å². The molecule has 6 heteroatoms. The standard InChI is InChI=1S/C24H22Cl2N2O2/c25-18-12-13-23(19(26)15-18)30-14-6-11-24(29)28-16-21(17-7-2-1-3-8-17)27-20-9-4-5-10-22(20)28/h1-5,7-10,12-13,15,21,27H,6,11,14,16H2. The first-order valence-corrected chi connectivity index (χ1v) is 10.7. The number of amides is 1. The summed E-state index contributed by atoms with van der Waals surface area (Å²) in [4.78, 5) is 14.9. The molecule has 4 rings (SSSR count). The van der Waals surface area contributed by atoms with E-state index in [-0.39, 0.29) is 11.9 Å². The molecule has 0 aromatic heterocycles. The smallest absolute Gasteiger partial charge is 0.227 e. The first kappa shape index (κ1) is 20.6. The van der Waals surface area contributed by atoms with Crippen molar-refractivity contribution in [3.63, 3.8) is 0 Å². The van der Waals surface area contributed by atoms with Crippen molar-refractivity contribution in [3.05, 3.63) is 88.4 Å². The number of nitrogens with one attached hydrogen (secondary N) is 1. The quantitative estimate of drug-likeness (QED) is 0.453. The van der Waals surface area contributed by atoms with E-state index in [0.717, 1.165) is 16.9 Å². The summed E-state index contributed by atoms with van der Waals surface area (Å²) in [6, 6.07) is 23.3. The minimum Gasteiger partial charge on any atom is -0.492 e. The monoisotopic (exact) mass is 440 g/mol. The number of hydrogen-bond acceptors (Lipinski definition) is 3. The van der Waals surface area contributed by atoms with Gasteiger partial charge < -0.3 is 15.0 Å². The van der Waals surface area contributed by atoms with E-state index in [1.165, 1.54) is 0 Å². The van der Waals surface area contributed by atoms with Crippen LogP contribution in [0, 0.1) is 0 Å². The van der Waals surface area contributed by atoms with Crippen molar-refractivity contribution in [3.8, 4) is 5.75 Å². The number of rotatable bonds is 6. The predicted octanol–water partition coefficient (Wildman–Crippen LogP) is 6.35. The molecule has 1 amide bonds. The third-order valence-electron chi connectivity index (χ3n) is 5.08. The normalized spacial score (nSPS) is 15.3. The van der Waals surface area contributed by atoms with E-state index in [1.807, 2.05) is 47.4 Å². The van der Waals surface area contributed by atoms with Crippen LogP contribution in [0.15, 0.2) is 72.8 Å². The van der Waals surface area contributed by atoms with E-state index in [2.05, 4.69) is 17.4 Å². The maximum absolute atomic E-state index is 13.1. The van der Waals surface area contributed by atoms with Crippen LogP contribution in [0.3, 0.4) is 0 Å². The second-order valence-corrected chi connectivity index (χ2v) is 8.00. The van der Waals surface area contributed by atoms with Crippen LogP contribution in [-0.4, -0.2) is 19.1 Å². The van der Waals surface area contributed by atoms with Crippen LogP contribution in [0.25, 0.3) is 0 Å². The Morgan fingerprint density at radius 2 is 1.80 bits per heavy atom. The summed E-state index contributed by atoms with van der Waals surface area (Å²) >= 11 is 12.0. The Kier molecular flexibility index (Phi) is 6.46. The number of hydrogen-bond donors (Lipinski definition) is 1. The molecule has 0 saturated heterocycles. The average Bonchev–Trinajstić information content (AvgIpc) is 2.77. The van der Waals surface area contributed by atoms with E-state index in [9.17, 15) is 4.79 Å². The molecule has 0 radical (unpaired) electrons. The first-order chi connectivity index (χ1) is 14.6. The highest BCUT2D eigenvalue weighted by molar-refractivity contribution is 6.35. The van der Waals surface area contributed by atoms with Gasteiger partial charge in [-0.25, -0.2) is 0 Å². The molecular weight excluding hydrogens is 419 g/mol. The van der Waals surface area contributed by atoms with Gasteiger partial charge in [-0.3, -0.25) is 4.79 Å². The number of carbonyl (C=O) groups excluding carboxylic acids is 1. The van der Waals surface area contributed by atoms with E-state index < -0.39 is 0 Å². The number of nitrogens with zero attached hydrogens (tertiary/aromatic N) is 1. The zero-order valence-corrected chi connectivity index (χ0v) is 17.9. The molecule has 1 aliphatic heterocycles. The molecular formula is C24H22Cl2N2O2. The van der Waals surface area contributed by atoms with Crippen molar-refractivity contribution in [1.29, 1.82) is 0 Å². The Balaban J connectivity index is 1.40. The molecule has 1 N–H and O–H groups in total. The van der Waals surface area contributed by atoms with Crippen LogP contribution >= 0.6 is 23.2 Å². The fourth-order valence-corrected chi connectivity index (χ4v) is 4.05. The summed E-state index contributed by atoms with van der Waals surface area (Å²) in [7, 11) is 0. The number of benzene rings is 3. The summed E-state index contributed by atoms with van der Waals surface area (Å²) in [5, 5.41) is 4.58. The Labute approximate surface area is 186 Å². The van der Waals surface area contributed by atoms with Crippen LogP contribution in [0.4, 0.5) is 11.4 Å². The van der Waals surface area contributed by atoms with Gasteiger partial charge in [-0.15, -0.1) is 0 Å². The molecule has 3 aromatic rings. The van der Waals surface area contributed by atoms with Crippen LogP contribution in [0.1, 0.15) is 24.4 Å². The van der Waals surface area contributed by atoms with Gasteiger partial charge in [-0.05, 0) is 42.3 Å². The van der Waals surface area contributed by atoms with Crippen molar-refractivity contribution in [2.75, 3.05) is 23.4 Å². The highest BCUT2D eigenvalue weighted by Gasteiger charge is 2.28. The third-order valence-corrected chi connectivity index (χ3v) is 5.61.